The lowest BCUT2D eigenvalue weighted by Crippen LogP contribution is -2.56. The molecule has 3 rings (SSSR count). The molecule has 0 spiro atoms. The molecule has 1 atom stereocenters. The lowest BCUT2D eigenvalue weighted by molar-refractivity contribution is 0.0368. The molecule has 2 fully saturated rings. The zero-order valence-corrected chi connectivity index (χ0v) is 12.9. The number of hydrogen-bond acceptors (Lipinski definition) is 2. The summed E-state index contributed by atoms with van der Waals surface area (Å²) < 4.78 is 14.4. The zero-order chi connectivity index (χ0) is 14.1. The quantitative estimate of drug-likeness (QED) is 0.784. The van der Waals surface area contributed by atoms with Crippen molar-refractivity contribution >= 4 is 21.8 Å². The number of halogens is 2. The van der Waals surface area contributed by atoms with Gasteiger partial charge >= 0.3 is 0 Å². The van der Waals surface area contributed by atoms with Crippen LogP contribution >= 0.6 is 15.9 Å². The Morgan fingerprint density at radius 1 is 1.25 bits per heavy atom. The summed E-state index contributed by atoms with van der Waals surface area (Å²) in [6.45, 7) is 3.45. The second kappa shape index (κ2) is 5.82. The molecule has 1 unspecified atom stereocenters. The first-order valence-electron chi connectivity index (χ1n) is 7.14. The minimum Gasteiger partial charge on any atom is -0.336 e. The van der Waals surface area contributed by atoms with Crippen molar-refractivity contribution in [3.05, 3.63) is 34.1 Å². The van der Waals surface area contributed by atoms with E-state index >= 15 is 0 Å². The molecule has 1 amide bonds. The fourth-order valence-corrected chi connectivity index (χ4v) is 3.71. The molecule has 5 heteroatoms. The highest BCUT2D eigenvalue weighted by Crippen LogP contribution is 2.25. The predicted octanol–water partition coefficient (Wildman–Crippen LogP) is 2.90. The van der Waals surface area contributed by atoms with Gasteiger partial charge in [0.1, 0.15) is 5.82 Å². The first-order valence-corrected chi connectivity index (χ1v) is 7.93. The number of fused-ring (bicyclic) bond motifs is 1. The Kier molecular flexibility index (Phi) is 4.08. The van der Waals surface area contributed by atoms with E-state index in [1.54, 1.807) is 17.0 Å². The molecule has 0 aromatic heterocycles. The lowest BCUT2D eigenvalue weighted by Gasteiger charge is -2.44. The van der Waals surface area contributed by atoms with Crippen LogP contribution in [-0.4, -0.2) is 47.9 Å². The Morgan fingerprint density at radius 2 is 2.10 bits per heavy atom. The number of hydrogen-bond donors (Lipinski definition) is 0. The summed E-state index contributed by atoms with van der Waals surface area (Å²) in [7, 11) is 0. The zero-order valence-electron chi connectivity index (χ0n) is 11.3. The third-order valence-corrected chi connectivity index (χ3v) is 4.96. The molecule has 0 N–H and O–H groups in total. The molecular weight excluding hydrogens is 323 g/mol. The van der Waals surface area contributed by atoms with Crippen LogP contribution < -0.4 is 0 Å². The largest absolute Gasteiger partial charge is 0.336 e. The summed E-state index contributed by atoms with van der Waals surface area (Å²) in [5.74, 6) is -0.643. The summed E-state index contributed by atoms with van der Waals surface area (Å²) in [6.07, 6.45) is 3.62. The van der Waals surface area contributed by atoms with Crippen molar-refractivity contribution in [1.29, 1.82) is 0 Å². The maximum absolute atomic E-state index is 13.9. The molecule has 2 aliphatic rings. The van der Waals surface area contributed by atoms with E-state index in [-0.39, 0.29) is 11.5 Å². The number of carbonyl (C=O) groups is 1. The van der Waals surface area contributed by atoms with E-state index in [1.807, 2.05) is 0 Å². The number of piperidine rings is 1. The number of rotatable bonds is 1. The first-order chi connectivity index (χ1) is 9.66. The van der Waals surface area contributed by atoms with E-state index in [2.05, 4.69) is 20.8 Å². The molecule has 1 aromatic rings. The SMILES string of the molecule is O=C(c1c(F)cccc1Br)N1CCN2CCCCC2C1. The topological polar surface area (TPSA) is 23.6 Å². The summed E-state index contributed by atoms with van der Waals surface area (Å²) in [5.41, 5.74) is 0.164. The number of benzene rings is 1. The Morgan fingerprint density at radius 3 is 2.90 bits per heavy atom. The van der Waals surface area contributed by atoms with Crippen LogP contribution in [0.15, 0.2) is 22.7 Å². The third-order valence-electron chi connectivity index (χ3n) is 4.30. The second-order valence-corrected chi connectivity index (χ2v) is 6.39. The fraction of sp³-hybridized carbons (Fsp3) is 0.533. The van der Waals surface area contributed by atoms with Crippen molar-refractivity contribution in [2.24, 2.45) is 0 Å². The van der Waals surface area contributed by atoms with Gasteiger partial charge in [0.2, 0.25) is 0 Å². The van der Waals surface area contributed by atoms with E-state index in [4.69, 9.17) is 0 Å². The van der Waals surface area contributed by atoms with Crippen molar-refractivity contribution in [1.82, 2.24) is 9.80 Å². The molecule has 3 nitrogen and oxygen atoms in total. The molecule has 1 aromatic carbocycles. The molecular formula is C15H18BrFN2O. The minimum atomic E-state index is -0.449. The third kappa shape index (κ3) is 2.61. The van der Waals surface area contributed by atoms with Gasteiger partial charge < -0.3 is 4.90 Å². The average Bonchev–Trinajstić information content (AvgIpc) is 2.46. The Hall–Kier alpha value is -0.940. The van der Waals surface area contributed by atoms with Crippen molar-refractivity contribution in [3.8, 4) is 0 Å². The molecule has 20 heavy (non-hydrogen) atoms. The van der Waals surface area contributed by atoms with Gasteiger partial charge in [-0.1, -0.05) is 12.5 Å². The molecule has 0 saturated carbocycles. The summed E-state index contributed by atoms with van der Waals surface area (Å²) in [6, 6.07) is 5.11. The van der Waals surface area contributed by atoms with E-state index in [0.29, 0.717) is 17.1 Å². The van der Waals surface area contributed by atoms with Gasteiger partial charge in [0.05, 0.1) is 5.56 Å². The van der Waals surface area contributed by atoms with Crippen molar-refractivity contribution in [2.75, 3.05) is 26.2 Å². The van der Waals surface area contributed by atoms with Gasteiger partial charge in [-0.05, 0) is 47.4 Å². The van der Waals surface area contributed by atoms with Crippen LogP contribution in [0.5, 0.6) is 0 Å². The number of carbonyl (C=O) groups excluding carboxylic acids is 1. The molecule has 2 saturated heterocycles. The Bertz CT molecular complexity index is 502. The monoisotopic (exact) mass is 340 g/mol. The van der Waals surface area contributed by atoms with Crippen LogP contribution in [0.3, 0.4) is 0 Å². The van der Waals surface area contributed by atoms with Gasteiger partial charge in [0.25, 0.3) is 5.91 Å². The van der Waals surface area contributed by atoms with Gasteiger partial charge in [-0.3, -0.25) is 9.69 Å². The molecule has 2 heterocycles. The van der Waals surface area contributed by atoms with Crippen LogP contribution in [0.25, 0.3) is 0 Å². The van der Waals surface area contributed by atoms with Crippen molar-refractivity contribution in [3.63, 3.8) is 0 Å². The molecule has 108 valence electrons. The molecule has 0 bridgehead atoms. The maximum atomic E-state index is 13.9. The minimum absolute atomic E-state index is 0.164. The summed E-state index contributed by atoms with van der Waals surface area (Å²) in [4.78, 5) is 16.8. The van der Waals surface area contributed by atoms with Crippen molar-refractivity contribution in [2.45, 2.75) is 25.3 Å². The fourth-order valence-electron chi connectivity index (χ4n) is 3.20. The van der Waals surface area contributed by atoms with Crippen LogP contribution in [0.4, 0.5) is 4.39 Å². The van der Waals surface area contributed by atoms with Crippen LogP contribution in [0.2, 0.25) is 0 Å². The highest BCUT2D eigenvalue weighted by molar-refractivity contribution is 9.10. The number of piperazine rings is 1. The van der Waals surface area contributed by atoms with E-state index in [1.165, 1.54) is 18.9 Å². The summed E-state index contributed by atoms with van der Waals surface area (Å²) in [5, 5.41) is 0. The Labute approximate surface area is 126 Å². The smallest absolute Gasteiger partial charge is 0.258 e. The van der Waals surface area contributed by atoms with Gasteiger partial charge in [0, 0.05) is 30.1 Å². The number of amides is 1. The Balaban J connectivity index is 1.78. The van der Waals surface area contributed by atoms with Crippen LogP contribution in [0, 0.1) is 5.82 Å². The predicted molar refractivity (Wildman–Crippen MR) is 79.2 cm³/mol. The highest BCUT2D eigenvalue weighted by atomic mass is 79.9. The lowest BCUT2D eigenvalue weighted by atomic mass is 9.99. The standard InChI is InChI=1S/C15H18BrFN2O/c16-12-5-3-6-13(17)14(12)15(20)19-9-8-18-7-2-1-4-11(18)10-19/h3,5-6,11H,1-2,4,7-10H2. The van der Waals surface area contributed by atoms with Crippen LogP contribution in [-0.2, 0) is 0 Å². The van der Waals surface area contributed by atoms with Gasteiger partial charge in [0.15, 0.2) is 0 Å². The second-order valence-electron chi connectivity index (χ2n) is 5.53. The maximum Gasteiger partial charge on any atom is 0.258 e. The van der Waals surface area contributed by atoms with E-state index in [9.17, 15) is 9.18 Å². The van der Waals surface area contributed by atoms with Crippen molar-refractivity contribution < 1.29 is 9.18 Å². The van der Waals surface area contributed by atoms with Gasteiger partial charge in [-0.25, -0.2) is 4.39 Å². The summed E-state index contributed by atoms with van der Waals surface area (Å²) >= 11 is 3.29. The first kappa shape index (κ1) is 14.0. The van der Waals surface area contributed by atoms with E-state index in [0.717, 1.165) is 26.1 Å². The molecule has 0 aliphatic carbocycles. The average molecular weight is 341 g/mol. The normalized spacial score (nSPS) is 23.5. The molecule has 2 aliphatic heterocycles. The highest BCUT2D eigenvalue weighted by Gasteiger charge is 2.32. The van der Waals surface area contributed by atoms with Gasteiger partial charge in [-0.2, -0.15) is 0 Å². The molecule has 0 radical (unpaired) electrons. The number of nitrogens with zero attached hydrogens (tertiary/aromatic N) is 2. The van der Waals surface area contributed by atoms with E-state index < -0.39 is 5.82 Å². The van der Waals surface area contributed by atoms with Crippen LogP contribution in [0.1, 0.15) is 29.6 Å². The van der Waals surface area contributed by atoms with Gasteiger partial charge in [-0.15, -0.1) is 0 Å².